The number of hydrogen-bond donors (Lipinski definition) is 2. The lowest BCUT2D eigenvalue weighted by Crippen LogP contribution is -2.24. The van der Waals surface area contributed by atoms with E-state index in [1.165, 1.54) is 18.2 Å². The van der Waals surface area contributed by atoms with E-state index in [1.807, 2.05) is 42.0 Å². The van der Waals surface area contributed by atoms with Crippen LogP contribution in [-0.2, 0) is 13.1 Å². The Morgan fingerprint density at radius 1 is 1.17 bits per heavy atom. The number of nitrogens with one attached hydrogen (secondary N) is 1. The van der Waals surface area contributed by atoms with Gasteiger partial charge in [0, 0.05) is 18.9 Å². The van der Waals surface area contributed by atoms with Crippen LogP contribution in [-0.4, -0.2) is 21.9 Å². The standard InChI is InChI=1S/C20H20F3N5O/c1-14-25-9-10-28(14)13-16-6-4-5-15(11-16)12-26-19(24)27-17-7-2-3-8-18(17)29-20(21,22)23/h2-11H,12-13H2,1H3,(H3,24,26,27). The number of nitrogens with two attached hydrogens (primary N) is 1. The van der Waals surface area contributed by atoms with Crippen LogP contribution in [0.3, 0.4) is 0 Å². The molecule has 0 saturated heterocycles. The number of aromatic nitrogens is 2. The first-order valence-corrected chi connectivity index (χ1v) is 8.77. The van der Waals surface area contributed by atoms with Gasteiger partial charge < -0.3 is 20.4 Å². The van der Waals surface area contributed by atoms with Crippen molar-refractivity contribution in [3.63, 3.8) is 0 Å². The van der Waals surface area contributed by atoms with Gasteiger partial charge in [-0.2, -0.15) is 0 Å². The molecule has 0 bridgehead atoms. The van der Waals surface area contributed by atoms with E-state index in [1.54, 1.807) is 12.3 Å². The number of aryl methyl sites for hydroxylation is 1. The number of benzene rings is 2. The van der Waals surface area contributed by atoms with E-state index in [4.69, 9.17) is 5.73 Å². The van der Waals surface area contributed by atoms with Crippen LogP contribution in [0.25, 0.3) is 0 Å². The molecular weight excluding hydrogens is 383 g/mol. The predicted molar refractivity (Wildman–Crippen MR) is 105 cm³/mol. The molecule has 2 aromatic carbocycles. The van der Waals surface area contributed by atoms with E-state index in [0.29, 0.717) is 6.54 Å². The van der Waals surface area contributed by atoms with E-state index in [0.717, 1.165) is 17.0 Å². The smallest absolute Gasteiger partial charge is 0.404 e. The zero-order chi connectivity index (χ0) is 20.9. The molecule has 0 radical (unpaired) electrons. The number of halogens is 3. The summed E-state index contributed by atoms with van der Waals surface area (Å²) in [6.45, 7) is 2.89. The van der Waals surface area contributed by atoms with Gasteiger partial charge in [-0.1, -0.05) is 36.4 Å². The van der Waals surface area contributed by atoms with Crippen molar-refractivity contribution in [2.24, 2.45) is 10.7 Å². The van der Waals surface area contributed by atoms with E-state index < -0.39 is 6.36 Å². The molecule has 152 valence electrons. The van der Waals surface area contributed by atoms with Gasteiger partial charge in [0.25, 0.3) is 0 Å². The maximum atomic E-state index is 12.5. The Bertz CT molecular complexity index is 998. The van der Waals surface area contributed by atoms with Crippen LogP contribution in [0.4, 0.5) is 18.9 Å². The fraction of sp³-hybridized carbons (Fsp3) is 0.200. The highest BCUT2D eigenvalue weighted by Gasteiger charge is 2.32. The molecule has 0 atom stereocenters. The summed E-state index contributed by atoms with van der Waals surface area (Å²) in [7, 11) is 0. The van der Waals surface area contributed by atoms with Gasteiger partial charge in [-0.15, -0.1) is 13.2 Å². The van der Waals surface area contributed by atoms with Gasteiger partial charge in [0.15, 0.2) is 11.7 Å². The molecule has 0 aliphatic heterocycles. The van der Waals surface area contributed by atoms with Gasteiger partial charge in [-0.05, 0) is 30.2 Å². The molecule has 3 aromatic rings. The Kier molecular flexibility index (Phi) is 6.06. The van der Waals surface area contributed by atoms with Crippen molar-refractivity contribution in [3.05, 3.63) is 77.9 Å². The molecule has 0 saturated carbocycles. The maximum absolute atomic E-state index is 12.5. The van der Waals surface area contributed by atoms with Crippen LogP contribution in [0.1, 0.15) is 17.0 Å². The number of anilines is 1. The summed E-state index contributed by atoms with van der Waals surface area (Å²) in [5.41, 5.74) is 7.92. The molecule has 0 aliphatic carbocycles. The highest BCUT2D eigenvalue weighted by Crippen LogP contribution is 2.29. The molecular formula is C20H20F3N5O. The van der Waals surface area contributed by atoms with Crippen LogP contribution in [0.5, 0.6) is 5.75 Å². The number of nitrogens with zero attached hydrogens (tertiary/aromatic N) is 3. The molecule has 0 unspecified atom stereocenters. The molecule has 0 fully saturated rings. The third kappa shape index (κ3) is 6.00. The highest BCUT2D eigenvalue weighted by molar-refractivity contribution is 5.93. The Balaban J connectivity index is 1.66. The molecule has 9 heteroatoms. The molecule has 3 rings (SSSR count). The third-order valence-electron chi connectivity index (χ3n) is 4.08. The molecule has 0 aliphatic rings. The summed E-state index contributed by atoms with van der Waals surface area (Å²) < 4.78 is 43.5. The number of ether oxygens (including phenoxy) is 1. The van der Waals surface area contributed by atoms with Crippen LogP contribution < -0.4 is 15.8 Å². The average Bonchev–Trinajstić information content (AvgIpc) is 3.05. The molecule has 3 N–H and O–H groups in total. The molecule has 1 aromatic heterocycles. The lowest BCUT2D eigenvalue weighted by atomic mass is 10.1. The zero-order valence-corrected chi connectivity index (χ0v) is 15.6. The number of hydrogen-bond acceptors (Lipinski definition) is 3. The third-order valence-corrected chi connectivity index (χ3v) is 4.08. The van der Waals surface area contributed by atoms with Crippen molar-refractivity contribution in [1.29, 1.82) is 0 Å². The quantitative estimate of drug-likeness (QED) is 0.481. The largest absolute Gasteiger partial charge is 0.573 e. The first-order valence-electron chi connectivity index (χ1n) is 8.77. The summed E-state index contributed by atoms with van der Waals surface area (Å²) >= 11 is 0. The van der Waals surface area contributed by atoms with E-state index >= 15 is 0 Å². The lowest BCUT2D eigenvalue weighted by Gasteiger charge is -2.14. The van der Waals surface area contributed by atoms with Crippen molar-refractivity contribution in [1.82, 2.24) is 9.55 Å². The predicted octanol–water partition coefficient (Wildman–Crippen LogP) is 4.07. The minimum atomic E-state index is -4.79. The first kappa shape index (κ1) is 20.2. The topological polar surface area (TPSA) is 77.5 Å². The SMILES string of the molecule is Cc1nccn1Cc1cccc(CN=C(N)Nc2ccccc2OC(F)(F)F)c1. The van der Waals surface area contributed by atoms with E-state index in [9.17, 15) is 13.2 Å². The summed E-state index contributed by atoms with van der Waals surface area (Å²) in [5.74, 6) is 0.525. The number of aliphatic imine (C=N–C) groups is 1. The Morgan fingerprint density at radius 2 is 1.93 bits per heavy atom. The average molecular weight is 403 g/mol. The Labute approximate surface area is 165 Å². The lowest BCUT2D eigenvalue weighted by molar-refractivity contribution is -0.274. The summed E-state index contributed by atoms with van der Waals surface area (Å²) in [6.07, 6.45) is -1.14. The van der Waals surface area contributed by atoms with E-state index in [-0.39, 0.29) is 23.9 Å². The molecule has 29 heavy (non-hydrogen) atoms. The Morgan fingerprint density at radius 3 is 2.66 bits per heavy atom. The first-order chi connectivity index (χ1) is 13.8. The Hall–Kier alpha value is -3.49. The number of imidazole rings is 1. The van der Waals surface area contributed by atoms with Crippen LogP contribution in [0.2, 0.25) is 0 Å². The van der Waals surface area contributed by atoms with Gasteiger partial charge in [-0.3, -0.25) is 0 Å². The van der Waals surface area contributed by atoms with Gasteiger partial charge >= 0.3 is 6.36 Å². The van der Waals surface area contributed by atoms with Crippen molar-refractivity contribution >= 4 is 11.6 Å². The summed E-state index contributed by atoms with van der Waals surface area (Å²) in [6, 6.07) is 13.5. The zero-order valence-electron chi connectivity index (χ0n) is 15.6. The van der Waals surface area contributed by atoms with Gasteiger partial charge in [0.2, 0.25) is 0 Å². The van der Waals surface area contributed by atoms with Crippen molar-refractivity contribution in [2.45, 2.75) is 26.4 Å². The molecule has 6 nitrogen and oxygen atoms in total. The van der Waals surface area contributed by atoms with Gasteiger partial charge in [0.1, 0.15) is 5.82 Å². The van der Waals surface area contributed by atoms with E-state index in [2.05, 4.69) is 20.0 Å². The van der Waals surface area contributed by atoms with Crippen LogP contribution >= 0.6 is 0 Å². The van der Waals surface area contributed by atoms with Crippen molar-refractivity contribution in [3.8, 4) is 5.75 Å². The van der Waals surface area contributed by atoms with Gasteiger partial charge in [0.05, 0.1) is 12.2 Å². The van der Waals surface area contributed by atoms with Gasteiger partial charge in [-0.25, -0.2) is 9.98 Å². The monoisotopic (exact) mass is 403 g/mol. The second kappa shape index (κ2) is 8.68. The maximum Gasteiger partial charge on any atom is 0.573 e. The fourth-order valence-electron chi connectivity index (χ4n) is 2.73. The normalized spacial score (nSPS) is 12.1. The number of rotatable bonds is 6. The number of guanidine groups is 1. The number of alkyl halides is 3. The van der Waals surface area contributed by atoms with Crippen molar-refractivity contribution in [2.75, 3.05) is 5.32 Å². The molecule has 0 amide bonds. The second-order valence-electron chi connectivity index (χ2n) is 6.29. The summed E-state index contributed by atoms with van der Waals surface area (Å²) in [5, 5.41) is 2.65. The highest BCUT2D eigenvalue weighted by atomic mass is 19.4. The number of para-hydroxylation sites is 2. The minimum Gasteiger partial charge on any atom is -0.404 e. The molecule has 0 spiro atoms. The minimum absolute atomic E-state index is 0.0147. The van der Waals surface area contributed by atoms with Crippen LogP contribution in [0.15, 0.2) is 65.9 Å². The fourth-order valence-corrected chi connectivity index (χ4v) is 2.73. The summed E-state index contributed by atoms with van der Waals surface area (Å²) in [4.78, 5) is 8.41. The van der Waals surface area contributed by atoms with Crippen LogP contribution in [0, 0.1) is 6.92 Å². The molecule has 1 heterocycles. The second-order valence-corrected chi connectivity index (χ2v) is 6.29. The van der Waals surface area contributed by atoms with Crippen molar-refractivity contribution < 1.29 is 17.9 Å².